The first-order valence-corrected chi connectivity index (χ1v) is 6.77. The number of nitrogens with one attached hydrogen (secondary N) is 1. The normalized spacial score (nSPS) is 20.7. The first-order chi connectivity index (χ1) is 8.04. The van der Waals surface area contributed by atoms with Gasteiger partial charge in [-0.1, -0.05) is 26.7 Å². The number of rotatable bonds is 7. The highest BCUT2D eigenvalue weighted by molar-refractivity contribution is 5.79. The van der Waals surface area contributed by atoms with Crippen LogP contribution in [0.5, 0.6) is 0 Å². The van der Waals surface area contributed by atoms with Crippen LogP contribution in [0, 0.1) is 0 Å². The maximum atomic E-state index is 11.4. The van der Waals surface area contributed by atoms with Crippen LogP contribution in [0.25, 0.3) is 0 Å². The second kappa shape index (κ2) is 6.36. The third kappa shape index (κ3) is 3.68. The number of hydrogen-bond acceptors (Lipinski definition) is 3. The zero-order valence-electron chi connectivity index (χ0n) is 11.3. The molecule has 0 bridgehead atoms. The van der Waals surface area contributed by atoms with E-state index >= 15 is 0 Å². The van der Waals surface area contributed by atoms with Crippen molar-refractivity contribution in [3.63, 3.8) is 0 Å². The summed E-state index contributed by atoms with van der Waals surface area (Å²) in [6, 6.07) is 0.226. The van der Waals surface area contributed by atoms with E-state index in [2.05, 4.69) is 31.0 Å². The van der Waals surface area contributed by atoms with Crippen molar-refractivity contribution in [2.75, 3.05) is 19.6 Å². The van der Waals surface area contributed by atoms with E-state index in [1.54, 1.807) is 0 Å². The van der Waals surface area contributed by atoms with Crippen molar-refractivity contribution in [2.45, 2.75) is 58.0 Å². The molecule has 1 aliphatic carbocycles. The molecule has 0 aromatic rings. The Balaban J connectivity index is 2.53. The molecule has 1 unspecified atom stereocenters. The van der Waals surface area contributed by atoms with Gasteiger partial charge in [-0.2, -0.15) is 0 Å². The lowest BCUT2D eigenvalue weighted by atomic mass is 9.96. The molecule has 1 atom stereocenters. The molecular formula is C13H26N2O2. The number of carbonyl (C=O) groups is 1. The molecule has 100 valence electrons. The monoisotopic (exact) mass is 242 g/mol. The van der Waals surface area contributed by atoms with Crippen LogP contribution in [0.2, 0.25) is 0 Å². The van der Waals surface area contributed by atoms with Gasteiger partial charge < -0.3 is 10.0 Å². The predicted molar refractivity (Wildman–Crippen MR) is 69.2 cm³/mol. The van der Waals surface area contributed by atoms with Gasteiger partial charge in [0.05, 0.1) is 0 Å². The van der Waals surface area contributed by atoms with Gasteiger partial charge in [-0.3, -0.25) is 10.1 Å². The van der Waals surface area contributed by atoms with Gasteiger partial charge in [-0.25, -0.2) is 0 Å². The van der Waals surface area contributed by atoms with Gasteiger partial charge in [0.1, 0.15) is 5.54 Å². The van der Waals surface area contributed by atoms with Gasteiger partial charge >= 0.3 is 5.97 Å². The molecule has 4 nitrogen and oxygen atoms in total. The third-order valence-electron chi connectivity index (χ3n) is 3.82. The summed E-state index contributed by atoms with van der Waals surface area (Å²) in [7, 11) is 0. The Labute approximate surface area is 104 Å². The summed E-state index contributed by atoms with van der Waals surface area (Å²) in [5, 5.41) is 12.7. The molecule has 0 radical (unpaired) electrons. The number of likely N-dealkylation sites (N-methyl/N-ethyl adjacent to an activating group) is 1. The summed E-state index contributed by atoms with van der Waals surface area (Å²) in [5.74, 6) is -0.679. The Morgan fingerprint density at radius 1 is 1.35 bits per heavy atom. The molecule has 0 amide bonds. The van der Waals surface area contributed by atoms with Crippen LogP contribution in [-0.4, -0.2) is 47.2 Å². The van der Waals surface area contributed by atoms with Crippen LogP contribution in [0.4, 0.5) is 0 Å². The summed E-state index contributed by atoms with van der Waals surface area (Å²) >= 11 is 0. The fraction of sp³-hybridized carbons (Fsp3) is 0.923. The lowest BCUT2D eigenvalue weighted by molar-refractivity contribution is -0.145. The van der Waals surface area contributed by atoms with Crippen LogP contribution in [0.15, 0.2) is 0 Å². The van der Waals surface area contributed by atoms with Gasteiger partial charge in [0.2, 0.25) is 0 Å². The fourth-order valence-electron chi connectivity index (χ4n) is 2.78. The topological polar surface area (TPSA) is 52.6 Å². The lowest BCUT2D eigenvalue weighted by Gasteiger charge is -2.32. The molecule has 0 aromatic carbocycles. The molecule has 0 spiro atoms. The largest absolute Gasteiger partial charge is 0.480 e. The Morgan fingerprint density at radius 3 is 2.29 bits per heavy atom. The van der Waals surface area contributed by atoms with Crippen molar-refractivity contribution in [1.82, 2.24) is 10.2 Å². The minimum atomic E-state index is -0.679. The first-order valence-electron chi connectivity index (χ1n) is 6.77. The molecule has 0 saturated heterocycles. The molecule has 4 heteroatoms. The maximum absolute atomic E-state index is 11.4. The number of carboxylic acid groups (broad SMARTS) is 1. The second-order valence-electron chi connectivity index (χ2n) is 5.13. The summed E-state index contributed by atoms with van der Waals surface area (Å²) in [4.78, 5) is 13.7. The van der Waals surface area contributed by atoms with Gasteiger partial charge in [0.25, 0.3) is 0 Å². The molecule has 1 aliphatic rings. The average molecular weight is 242 g/mol. The third-order valence-corrected chi connectivity index (χ3v) is 3.82. The molecule has 1 rings (SSSR count). The van der Waals surface area contributed by atoms with Crippen LogP contribution in [0.1, 0.15) is 46.5 Å². The first kappa shape index (κ1) is 14.5. The van der Waals surface area contributed by atoms with Crippen LogP contribution in [0.3, 0.4) is 0 Å². The molecule has 17 heavy (non-hydrogen) atoms. The highest BCUT2D eigenvalue weighted by Crippen LogP contribution is 2.30. The van der Waals surface area contributed by atoms with Crippen molar-refractivity contribution in [1.29, 1.82) is 0 Å². The number of hydrogen-bond donors (Lipinski definition) is 2. The number of nitrogens with zero attached hydrogens (tertiary/aromatic N) is 1. The number of carboxylic acids is 1. The molecule has 0 aliphatic heterocycles. The van der Waals surface area contributed by atoms with E-state index in [1.165, 1.54) is 0 Å². The van der Waals surface area contributed by atoms with Crippen LogP contribution in [-0.2, 0) is 4.79 Å². The molecule has 0 heterocycles. The molecule has 1 saturated carbocycles. The van der Waals surface area contributed by atoms with Crippen molar-refractivity contribution in [3.05, 3.63) is 0 Å². The van der Waals surface area contributed by atoms with Crippen molar-refractivity contribution in [2.24, 2.45) is 0 Å². The zero-order valence-corrected chi connectivity index (χ0v) is 11.3. The summed E-state index contributed by atoms with van der Waals surface area (Å²) in [6.45, 7) is 9.31. The maximum Gasteiger partial charge on any atom is 0.323 e. The van der Waals surface area contributed by atoms with Crippen molar-refractivity contribution < 1.29 is 9.90 Å². The van der Waals surface area contributed by atoms with E-state index in [1.807, 2.05) is 0 Å². The van der Waals surface area contributed by atoms with Crippen LogP contribution < -0.4 is 5.32 Å². The smallest absolute Gasteiger partial charge is 0.323 e. The Kier molecular flexibility index (Phi) is 5.40. The lowest BCUT2D eigenvalue weighted by Crippen LogP contribution is -2.55. The Morgan fingerprint density at radius 2 is 1.88 bits per heavy atom. The summed E-state index contributed by atoms with van der Waals surface area (Å²) in [5.41, 5.74) is -0.660. The van der Waals surface area contributed by atoms with E-state index in [0.29, 0.717) is 0 Å². The SMILES string of the molecule is CCN(CC)CC(C)NC1(C(=O)O)CCCC1. The number of aliphatic carboxylic acids is 1. The van der Waals surface area contributed by atoms with Crippen molar-refractivity contribution in [3.8, 4) is 0 Å². The zero-order chi connectivity index (χ0) is 12.9. The molecule has 0 aromatic heterocycles. The van der Waals surface area contributed by atoms with Gasteiger partial charge in [-0.15, -0.1) is 0 Å². The molecular weight excluding hydrogens is 216 g/mol. The summed E-state index contributed by atoms with van der Waals surface area (Å²) in [6.07, 6.45) is 3.59. The van der Waals surface area contributed by atoms with Gasteiger partial charge in [0.15, 0.2) is 0 Å². The van der Waals surface area contributed by atoms with E-state index in [-0.39, 0.29) is 6.04 Å². The van der Waals surface area contributed by atoms with Crippen LogP contribution >= 0.6 is 0 Å². The van der Waals surface area contributed by atoms with Gasteiger partial charge in [0, 0.05) is 12.6 Å². The molecule has 2 N–H and O–H groups in total. The summed E-state index contributed by atoms with van der Waals surface area (Å²) < 4.78 is 0. The fourth-order valence-corrected chi connectivity index (χ4v) is 2.78. The predicted octanol–water partition coefficient (Wildman–Crippen LogP) is 1.70. The van der Waals surface area contributed by atoms with E-state index in [9.17, 15) is 9.90 Å². The highest BCUT2D eigenvalue weighted by Gasteiger charge is 2.41. The Bertz CT molecular complexity index is 246. The second-order valence-corrected chi connectivity index (χ2v) is 5.13. The van der Waals surface area contributed by atoms with Crippen molar-refractivity contribution >= 4 is 5.97 Å². The van der Waals surface area contributed by atoms with E-state index in [4.69, 9.17) is 0 Å². The Hall–Kier alpha value is -0.610. The van der Waals surface area contributed by atoms with E-state index < -0.39 is 11.5 Å². The highest BCUT2D eigenvalue weighted by atomic mass is 16.4. The molecule has 1 fully saturated rings. The minimum Gasteiger partial charge on any atom is -0.480 e. The van der Waals surface area contributed by atoms with Gasteiger partial charge in [-0.05, 0) is 32.9 Å². The average Bonchev–Trinajstić information content (AvgIpc) is 2.75. The standard InChI is InChI=1S/C13H26N2O2/c1-4-15(5-2)10-11(3)14-13(12(16)17)8-6-7-9-13/h11,14H,4-10H2,1-3H3,(H,16,17). The minimum absolute atomic E-state index is 0.226. The quantitative estimate of drug-likeness (QED) is 0.713. The van der Waals surface area contributed by atoms with E-state index in [0.717, 1.165) is 45.3 Å².